The number of halogens is 1. The number of hydrogen-bond donors (Lipinski definition) is 3. The first-order valence-corrected chi connectivity index (χ1v) is 8.43. The number of aryl methyl sites for hydroxylation is 1. The van der Waals surface area contributed by atoms with Crippen LogP contribution in [0.2, 0.25) is 5.02 Å². The maximum atomic E-state index is 12.6. The number of rotatable bonds is 6. The van der Waals surface area contributed by atoms with Crippen LogP contribution in [0.1, 0.15) is 44.9 Å². The van der Waals surface area contributed by atoms with Crippen LogP contribution in [0.25, 0.3) is 0 Å². The standard InChI is InChI=1S/C18H17ClN2O5/c1-9-8-26-14(7-15(22)23)16(9)18(25)21-11-4-5-13(19)12(6-11)17(24)20-10-2-3-10/h4-6,8,10H,2-3,7H2,1H3,(H,20,24)(H,21,25)(H,22,23). The lowest BCUT2D eigenvalue weighted by Crippen LogP contribution is -2.26. The second-order valence-electron chi connectivity index (χ2n) is 6.18. The van der Waals surface area contributed by atoms with E-state index in [9.17, 15) is 14.4 Å². The van der Waals surface area contributed by atoms with Crippen LogP contribution in [-0.2, 0) is 11.2 Å². The molecule has 0 spiro atoms. The molecule has 3 N–H and O–H groups in total. The van der Waals surface area contributed by atoms with E-state index in [0.717, 1.165) is 12.8 Å². The number of carboxylic acid groups (broad SMARTS) is 1. The molecule has 1 fully saturated rings. The van der Waals surface area contributed by atoms with Gasteiger partial charge in [0.2, 0.25) is 0 Å². The van der Waals surface area contributed by atoms with Gasteiger partial charge in [-0.05, 0) is 38.0 Å². The van der Waals surface area contributed by atoms with Crippen LogP contribution in [0.15, 0.2) is 28.9 Å². The van der Waals surface area contributed by atoms with E-state index in [0.29, 0.717) is 11.3 Å². The quantitative estimate of drug-likeness (QED) is 0.718. The predicted octanol–water partition coefficient (Wildman–Crippen LogP) is 3.01. The van der Waals surface area contributed by atoms with Crippen molar-refractivity contribution in [3.8, 4) is 0 Å². The fourth-order valence-electron chi connectivity index (χ4n) is 2.53. The van der Waals surface area contributed by atoms with Crippen molar-refractivity contribution in [2.24, 2.45) is 0 Å². The van der Waals surface area contributed by atoms with Gasteiger partial charge in [0.15, 0.2) is 0 Å². The lowest BCUT2D eigenvalue weighted by atomic mass is 10.1. The molecule has 26 heavy (non-hydrogen) atoms. The van der Waals surface area contributed by atoms with E-state index in [-0.39, 0.29) is 33.9 Å². The van der Waals surface area contributed by atoms with Gasteiger partial charge in [-0.2, -0.15) is 0 Å². The number of carboxylic acids is 1. The number of amides is 2. The Kier molecular flexibility index (Phi) is 4.99. The molecule has 0 saturated heterocycles. The lowest BCUT2D eigenvalue weighted by Gasteiger charge is -2.10. The molecule has 8 heteroatoms. The van der Waals surface area contributed by atoms with Crippen molar-refractivity contribution in [1.82, 2.24) is 5.32 Å². The van der Waals surface area contributed by atoms with E-state index in [1.807, 2.05) is 0 Å². The highest BCUT2D eigenvalue weighted by atomic mass is 35.5. The minimum absolute atomic E-state index is 0.0770. The number of aliphatic carboxylic acids is 1. The van der Waals surface area contributed by atoms with Crippen LogP contribution < -0.4 is 10.6 Å². The Morgan fingerprint density at radius 1 is 1.27 bits per heavy atom. The molecule has 3 rings (SSSR count). The van der Waals surface area contributed by atoms with E-state index in [1.165, 1.54) is 18.4 Å². The van der Waals surface area contributed by atoms with Gasteiger partial charge in [0, 0.05) is 17.3 Å². The molecule has 7 nitrogen and oxygen atoms in total. The average molecular weight is 377 g/mol. The molecule has 2 aromatic rings. The first-order valence-electron chi connectivity index (χ1n) is 8.05. The molecule has 1 aromatic heterocycles. The molecule has 1 aliphatic carbocycles. The zero-order valence-corrected chi connectivity index (χ0v) is 14.7. The molecule has 1 aliphatic rings. The third-order valence-corrected chi connectivity index (χ3v) is 4.30. The zero-order chi connectivity index (χ0) is 18.8. The first kappa shape index (κ1) is 18.0. The van der Waals surface area contributed by atoms with Crippen LogP contribution >= 0.6 is 11.6 Å². The van der Waals surface area contributed by atoms with E-state index in [2.05, 4.69) is 10.6 Å². The van der Waals surface area contributed by atoms with Gasteiger partial charge in [-0.25, -0.2) is 0 Å². The molecular weight excluding hydrogens is 360 g/mol. The molecule has 0 unspecified atom stereocenters. The minimum Gasteiger partial charge on any atom is -0.481 e. The lowest BCUT2D eigenvalue weighted by molar-refractivity contribution is -0.136. The first-order chi connectivity index (χ1) is 12.3. The summed E-state index contributed by atoms with van der Waals surface area (Å²) in [6.07, 6.45) is 2.84. The number of anilines is 1. The van der Waals surface area contributed by atoms with Crippen LogP contribution in [0.4, 0.5) is 5.69 Å². The summed E-state index contributed by atoms with van der Waals surface area (Å²) in [6, 6.07) is 4.77. The number of carbonyl (C=O) groups excluding carboxylic acids is 2. The monoisotopic (exact) mass is 376 g/mol. The van der Waals surface area contributed by atoms with Gasteiger partial charge in [0.25, 0.3) is 11.8 Å². The van der Waals surface area contributed by atoms with Crippen LogP contribution in [0.5, 0.6) is 0 Å². The molecule has 0 bridgehead atoms. The topological polar surface area (TPSA) is 109 Å². The highest BCUT2D eigenvalue weighted by Gasteiger charge is 2.25. The summed E-state index contributed by atoms with van der Waals surface area (Å²) >= 11 is 6.08. The second kappa shape index (κ2) is 7.21. The highest BCUT2D eigenvalue weighted by molar-refractivity contribution is 6.34. The minimum atomic E-state index is -1.10. The Morgan fingerprint density at radius 2 is 2.00 bits per heavy atom. The van der Waals surface area contributed by atoms with Gasteiger partial charge < -0.3 is 20.2 Å². The number of furan rings is 1. The van der Waals surface area contributed by atoms with Gasteiger partial charge in [0.1, 0.15) is 12.2 Å². The van der Waals surface area contributed by atoms with Crippen LogP contribution in [-0.4, -0.2) is 28.9 Å². The van der Waals surface area contributed by atoms with Crippen molar-refractivity contribution in [3.63, 3.8) is 0 Å². The summed E-state index contributed by atoms with van der Waals surface area (Å²) in [5, 5.41) is 14.7. The predicted molar refractivity (Wildman–Crippen MR) is 94.7 cm³/mol. The third-order valence-electron chi connectivity index (χ3n) is 3.97. The van der Waals surface area contributed by atoms with E-state index in [1.54, 1.807) is 13.0 Å². The van der Waals surface area contributed by atoms with E-state index >= 15 is 0 Å². The Hall–Kier alpha value is -2.80. The summed E-state index contributed by atoms with van der Waals surface area (Å²) in [5.74, 6) is -1.82. The van der Waals surface area contributed by atoms with Crippen molar-refractivity contribution in [1.29, 1.82) is 0 Å². The molecule has 136 valence electrons. The largest absolute Gasteiger partial charge is 0.481 e. The fraction of sp³-hybridized carbons (Fsp3) is 0.278. The molecule has 1 aromatic carbocycles. The maximum Gasteiger partial charge on any atom is 0.311 e. The smallest absolute Gasteiger partial charge is 0.311 e. The van der Waals surface area contributed by atoms with Crippen molar-refractivity contribution in [2.75, 3.05) is 5.32 Å². The normalized spacial score (nSPS) is 13.3. The van der Waals surface area contributed by atoms with Crippen molar-refractivity contribution in [3.05, 3.63) is 51.9 Å². The molecule has 2 amide bonds. The Bertz CT molecular complexity index is 886. The second-order valence-corrected chi connectivity index (χ2v) is 6.59. The highest BCUT2D eigenvalue weighted by Crippen LogP contribution is 2.25. The van der Waals surface area contributed by atoms with Crippen LogP contribution in [0.3, 0.4) is 0 Å². The van der Waals surface area contributed by atoms with Gasteiger partial charge in [-0.15, -0.1) is 0 Å². The molecule has 1 saturated carbocycles. The SMILES string of the molecule is Cc1coc(CC(=O)O)c1C(=O)Nc1ccc(Cl)c(C(=O)NC2CC2)c1. The van der Waals surface area contributed by atoms with Gasteiger partial charge in [-0.3, -0.25) is 14.4 Å². The molecule has 1 heterocycles. The Morgan fingerprint density at radius 3 is 2.65 bits per heavy atom. The number of hydrogen-bond acceptors (Lipinski definition) is 4. The summed E-state index contributed by atoms with van der Waals surface area (Å²) in [7, 11) is 0. The van der Waals surface area contributed by atoms with Crippen molar-refractivity contribution < 1.29 is 23.9 Å². The number of nitrogens with one attached hydrogen (secondary N) is 2. The molecular formula is C18H17ClN2O5. The number of carbonyl (C=O) groups is 3. The summed E-state index contributed by atoms with van der Waals surface area (Å²) < 4.78 is 5.17. The summed E-state index contributed by atoms with van der Waals surface area (Å²) in [6.45, 7) is 1.65. The molecule has 0 radical (unpaired) electrons. The number of benzene rings is 1. The van der Waals surface area contributed by atoms with Gasteiger partial charge >= 0.3 is 5.97 Å². The molecule has 0 aliphatic heterocycles. The Balaban J connectivity index is 1.80. The van der Waals surface area contributed by atoms with E-state index < -0.39 is 18.3 Å². The van der Waals surface area contributed by atoms with Gasteiger partial charge in [-0.1, -0.05) is 11.6 Å². The van der Waals surface area contributed by atoms with Crippen LogP contribution in [0, 0.1) is 6.92 Å². The van der Waals surface area contributed by atoms with Crippen molar-refractivity contribution >= 4 is 35.1 Å². The van der Waals surface area contributed by atoms with Crippen molar-refractivity contribution in [2.45, 2.75) is 32.2 Å². The van der Waals surface area contributed by atoms with E-state index in [4.69, 9.17) is 21.1 Å². The summed E-state index contributed by atoms with van der Waals surface area (Å²) in [4.78, 5) is 35.7. The summed E-state index contributed by atoms with van der Waals surface area (Å²) in [5.41, 5.74) is 1.35. The zero-order valence-electron chi connectivity index (χ0n) is 14.0. The third kappa shape index (κ3) is 4.05. The average Bonchev–Trinajstić information content (AvgIpc) is 3.30. The van der Waals surface area contributed by atoms with Gasteiger partial charge in [0.05, 0.1) is 22.4 Å². The maximum absolute atomic E-state index is 12.6. The molecule has 0 atom stereocenters. The Labute approximate surface area is 154 Å². The fourth-order valence-corrected chi connectivity index (χ4v) is 2.74.